The smallest absolute Gasteiger partial charge is 0.350 e. The van der Waals surface area contributed by atoms with Crippen molar-refractivity contribution in [2.24, 2.45) is 0 Å². The number of ether oxygens (including phenoxy) is 1. The fourth-order valence-corrected chi connectivity index (χ4v) is 3.82. The number of rotatable bonds is 9. The Morgan fingerprint density at radius 2 is 2.12 bits per heavy atom. The van der Waals surface area contributed by atoms with Crippen LogP contribution in [0.25, 0.3) is 0 Å². The van der Waals surface area contributed by atoms with Crippen molar-refractivity contribution in [2.45, 2.75) is 19.5 Å². The second kappa shape index (κ2) is 9.28. The summed E-state index contributed by atoms with van der Waals surface area (Å²) in [7, 11) is 1.33. The third kappa shape index (κ3) is 4.84. The lowest BCUT2D eigenvalue weighted by Gasteiger charge is -2.05. The monoisotopic (exact) mass is 478 g/mol. The molecule has 3 aromatic heterocycles. The predicted octanol–water partition coefficient (Wildman–Crippen LogP) is 3.68. The molecule has 0 amide bonds. The van der Waals surface area contributed by atoms with E-state index < -0.39 is 10.7 Å². The fourth-order valence-electron chi connectivity index (χ4n) is 2.87. The first kappa shape index (κ1) is 21.6. The van der Waals surface area contributed by atoms with Crippen molar-refractivity contribution >= 4 is 39.6 Å². The molecule has 4 rings (SSSR count). The van der Waals surface area contributed by atoms with Crippen LogP contribution in [0.4, 0.5) is 21.0 Å². The fraction of sp³-hybridized carbons (Fsp3) is 0.222. The number of halogens is 2. The van der Waals surface area contributed by atoms with Gasteiger partial charge in [0.05, 0.1) is 18.6 Å². The molecule has 4 aromatic rings. The molecule has 166 valence electrons. The van der Waals surface area contributed by atoms with Gasteiger partial charge in [-0.25, -0.2) is 4.39 Å². The molecule has 1 N–H and O–H groups in total. The molecule has 14 heteroatoms. The van der Waals surface area contributed by atoms with Crippen molar-refractivity contribution in [3.63, 3.8) is 0 Å². The zero-order valence-corrected chi connectivity index (χ0v) is 18.2. The van der Waals surface area contributed by atoms with Crippen LogP contribution in [0.15, 0.2) is 36.7 Å². The predicted molar refractivity (Wildman–Crippen MR) is 115 cm³/mol. The minimum absolute atomic E-state index is 0.0399. The van der Waals surface area contributed by atoms with Crippen LogP contribution in [0.2, 0.25) is 5.02 Å². The van der Waals surface area contributed by atoms with Crippen LogP contribution >= 0.6 is 22.9 Å². The van der Waals surface area contributed by atoms with Gasteiger partial charge in [-0.05, 0) is 12.1 Å². The van der Waals surface area contributed by atoms with E-state index in [1.807, 2.05) is 0 Å². The number of aromatic nitrogens is 6. The Morgan fingerprint density at radius 3 is 2.84 bits per heavy atom. The molecule has 0 saturated heterocycles. The van der Waals surface area contributed by atoms with E-state index in [-0.39, 0.29) is 18.1 Å². The van der Waals surface area contributed by atoms with Gasteiger partial charge in [0.1, 0.15) is 17.0 Å². The van der Waals surface area contributed by atoms with Crippen molar-refractivity contribution in [1.29, 1.82) is 0 Å². The van der Waals surface area contributed by atoms with Crippen molar-refractivity contribution in [2.75, 3.05) is 12.4 Å². The quantitative estimate of drug-likeness (QED) is 0.285. The molecule has 0 unspecified atom stereocenters. The summed E-state index contributed by atoms with van der Waals surface area (Å²) in [6.45, 7) is 0.560. The van der Waals surface area contributed by atoms with Crippen LogP contribution in [0.1, 0.15) is 10.6 Å². The van der Waals surface area contributed by atoms with Gasteiger partial charge >= 0.3 is 11.6 Å². The van der Waals surface area contributed by atoms with E-state index in [0.717, 1.165) is 0 Å². The van der Waals surface area contributed by atoms with E-state index >= 15 is 0 Å². The van der Waals surface area contributed by atoms with Crippen LogP contribution < -0.4 is 10.1 Å². The zero-order valence-electron chi connectivity index (χ0n) is 16.6. The summed E-state index contributed by atoms with van der Waals surface area (Å²) in [6.07, 6.45) is 3.49. The second-order valence-electron chi connectivity index (χ2n) is 6.52. The molecule has 0 radical (unpaired) electrons. The SMILES string of the molecule is COc1nn(CCc2nnc(Nc3ccn(Cc4c(F)cccc4Cl)n3)s2)cc1[N+](=O)[O-]. The lowest BCUT2D eigenvalue weighted by Crippen LogP contribution is -2.04. The van der Waals surface area contributed by atoms with Gasteiger partial charge in [0.15, 0.2) is 5.82 Å². The maximum Gasteiger partial charge on any atom is 0.350 e. The number of nitrogens with zero attached hydrogens (tertiary/aromatic N) is 7. The molecule has 0 saturated carbocycles. The van der Waals surface area contributed by atoms with Crippen LogP contribution in [0.5, 0.6) is 5.88 Å². The van der Waals surface area contributed by atoms with Gasteiger partial charge in [0, 0.05) is 35.8 Å². The minimum Gasteiger partial charge on any atom is -0.475 e. The van der Waals surface area contributed by atoms with Gasteiger partial charge in [-0.1, -0.05) is 29.0 Å². The van der Waals surface area contributed by atoms with E-state index in [4.69, 9.17) is 16.3 Å². The first-order chi connectivity index (χ1) is 15.4. The lowest BCUT2D eigenvalue weighted by atomic mass is 10.2. The first-order valence-corrected chi connectivity index (χ1v) is 10.4. The van der Waals surface area contributed by atoms with Crippen LogP contribution in [-0.4, -0.2) is 41.8 Å². The normalized spacial score (nSPS) is 11.0. The van der Waals surface area contributed by atoms with Crippen LogP contribution in [-0.2, 0) is 19.5 Å². The van der Waals surface area contributed by atoms with Gasteiger partial charge in [-0.15, -0.1) is 15.3 Å². The molecule has 0 fully saturated rings. The third-order valence-electron chi connectivity index (χ3n) is 4.38. The summed E-state index contributed by atoms with van der Waals surface area (Å²) in [5.74, 6) is 0.0888. The molecular formula is C18H16ClFN8O3S. The number of aryl methyl sites for hydroxylation is 2. The number of benzene rings is 1. The maximum atomic E-state index is 14.0. The largest absolute Gasteiger partial charge is 0.475 e. The minimum atomic E-state index is -0.547. The van der Waals surface area contributed by atoms with Gasteiger partial charge in [-0.2, -0.15) is 5.10 Å². The Kier molecular flexibility index (Phi) is 6.28. The second-order valence-corrected chi connectivity index (χ2v) is 7.99. The van der Waals surface area contributed by atoms with Crippen molar-refractivity contribution in [3.05, 3.63) is 68.2 Å². The van der Waals surface area contributed by atoms with Crippen LogP contribution in [0.3, 0.4) is 0 Å². The Bertz CT molecular complexity index is 1240. The summed E-state index contributed by atoms with van der Waals surface area (Å²) in [4.78, 5) is 10.4. The highest BCUT2D eigenvalue weighted by molar-refractivity contribution is 7.15. The first-order valence-electron chi connectivity index (χ1n) is 9.24. The summed E-state index contributed by atoms with van der Waals surface area (Å²) in [5.41, 5.74) is 0.164. The lowest BCUT2D eigenvalue weighted by molar-refractivity contribution is -0.385. The third-order valence-corrected chi connectivity index (χ3v) is 5.63. The summed E-state index contributed by atoms with van der Waals surface area (Å²) in [6, 6.07) is 6.26. The Balaban J connectivity index is 1.36. The number of methoxy groups -OCH3 is 1. The molecular weight excluding hydrogens is 463 g/mol. The van der Waals surface area contributed by atoms with Gasteiger partial charge < -0.3 is 10.1 Å². The van der Waals surface area contributed by atoms with Gasteiger partial charge in [0.25, 0.3) is 0 Å². The number of nitro groups is 1. The highest BCUT2D eigenvalue weighted by Crippen LogP contribution is 2.25. The molecule has 3 heterocycles. The van der Waals surface area contributed by atoms with E-state index in [1.54, 1.807) is 29.1 Å². The van der Waals surface area contributed by atoms with Gasteiger partial charge in [0.2, 0.25) is 5.13 Å². The summed E-state index contributed by atoms with van der Waals surface area (Å²) >= 11 is 7.38. The highest BCUT2D eigenvalue weighted by Gasteiger charge is 2.20. The number of hydrogen-bond acceptors (Lipinski definition) is 9. The average Bonchev–Trinajstić information content (AvgIpc) is 3.49. The summed E-state index contributed by atoms with van der Waals surface area (Å²) in [5, 5.41) is 32.2. The van der Waals surface area contributed by atoms with E-state index in [9.17, 15) is 14.5 Å². The molecule has 0 atom stereocenters. The molecule has 0 spiro atoms. The van der Waals surface area contributed by atoms with Crippen LogP contribution in [0, 0.1) is 15.9 Å². The maximum absolute atomic E-state index is 14.0. The molecule has 0 aliphatic carbocycles. The molecule has 0 aliphatic heterocycles. The average molecular weight is 479 g/mol. The van der Waals surface area contributed by atoms with Crippen molar-refractivity contribution in [1.82, 2.24) is 29.8 Å². The van der Waals surface area contributed by atoms with Gasteiger partial charge in [-0.3, -0.25) is 19.5 Å². The number of anilines is 2. The molecule has 0 aliphatic rings. The zero-order chi connectivity index (χ0) is 22.7. The Labute approximate surface area is 189 Å². The summed E-state index contributed by atoms with van der Waals surface area (Å²) < 4.78 is 21.9. The molecule has 0 bridgehead atoms. The number of hydrogen-bond donors (Lipinski definition) is 1. The molecule has 32 heavy (non-hydrogen) atoms. The number of nitrogens with one attached hydrogen (secondary N) is 1. The topological polar surface area (TPSA) is 126 Å². The van der Waals surface area contributed by atoms with Crippen molar-refractivity contribution < 1.29 is 14.1 Å². The Hall–Kier alpha value is -3.58. The Morgan fingerprint density at radius 1 is 1.28 bits per heavy atom. The van der Waals surface area contributed by atoms with Crippen molar-refractivity contribution in [3.8, 4) is 5.88 Å². The standard InChI is InChI=1S/C18H16ClFN8O3S/c1-31-17-14(28(29)30)10-27(25-17)8-6-16-22-23-18(32-16)21-15-5-7-26(24-15)9-11-12(19)3-2-4-13(11)20/h2-5,7,10H,6,8-9H2,1H3,(H,21,23,24). The highest BCUT2D eigenvalue weighted by atomic mass is 35.5. The van der Waals surface area contributed by atoms with E-state index in [0.29, 0.717) is 39.5 Å². The molecule has 11 nitrogen and oxygen atoms in total. The van der Waals surface area contributed by atoms with E-state index in [1.165, 1.54) is 35.4 Å². The molecule has 1 aromatic carbocycles. The van der Waals surface area contributed by atoms with E-state index in [2.05, 4.69) is 25.7 Å².